The summed E-state index contributed by atoms with van der Waals surface area (Å²) in [7, 11) is 3.70. The third kappa shape index (κ3) is 3.07. The van der Waals surface area contributed by atoms with Gasteiger partial charge in [0.2, 0.25) is 0 Å². The number of carbonyl (C=O) groups is 1. The summed E-state index contributed by atoms with van der Waals surface area (Å²) >= 11 is 0. The fraction of sp³-hybridized carbons (Fsp3) is 0.550. The van der Waals surface area contributed by atoms with E-state index in [9.17, 15) is 4.79 Å². The summed E-state index contributed by atoms with van der Waals surface area (Å²) < 4.78 is 4.70. The lowest BCUT2D eigenvalue weighted by Crippen LogP contribution is -2.49. The molecular formula is C20H27N3O2. The Labute approximate surface area is 148 Å². The number of H-pyrrole nitrogens is 1. The van der Waals surface area contributed by atoms with Crippen LogP contribution in [0.1, 0.15) is 29.9 Å². The minimum absolute atomic E-state index is 0.146. The number of aromatic amines is 1. The van der Waals surface area contributed by atoms with Crippen molar-refractivity contribution in [1.82, 2.24) is 15.2 Å². The van der Waals surface area contributed by atoms with E-state index in [0.717, 1.165) is 19.5 Å². The molecule has 1 aliphatic carbocycles. The van der Waals surface area contributed by atoms with Crippen LogP contribution >= 0.6 is 0 Å². The lowest BCUT2D eigenvalue weighted by atomic mass is 9.72. The molecule has 3 atom stereocenters. The minimum atomic E-state index is -0.146. The first kappa shape index (κ1) is 16.6. The topological polar surface area (TPSA) is 57.4 Å². The number of benzene rings is 1. The van der Waals surface area contributed by atoms with Gasteiger partial charge in [-0.3, -0.25) is 4.79 Å². The molecule has 0 unspecified atom stereocenters. The number of aromatic nitrogens is 1. The van der Waals surface area contributed by atoms with Crippen LogP contribution in [0.15, 0.2) is 24.4 Å². The molecule has 1 aliphatic heterocycles. The summed E-state index contributed by atoms with van der Waals surface area (Å²) in [4.78, 5) is 17.2. The van der Waals surface area contributed by atoms with Crippen molar-refractivity contribution in [2.24, 2.45) is 5.92 Å². The predicted octanol–water partition coefficient (Wildman–Crippen LogP) is 2.28. The standard InChI is InChI=1S/C20H27N3O2/c1-23-12-13(10-21-7-6-19(24)25-2)8-16-15-4-3-5-17-20(15)14(11-22-17)9-18(16)23/h3-5,11,13,16,18,21-22H,6-10,12H2,1-2H3/t13-,16+,18+/m0/s1. The predicted molar refractivity (Wildman–Crippen MR) is 98.8 cm³/mol. The van der Waals surface area contributed by atoms with Gasteiger partial charge in [0.15, 0.2) is 0 Å². The maximum Gasteiger partial charge on any atom is 0.306 e. The molecule has 2 heterocycles. The largest absolute Gasteiger partial charge is 0.469 e. The third-order valence-electron chi connectivity index (χ3n) is 5.98. The first-order chi connectivity index (χ1) is 12.2. The van der Waals surface area contributed by atoms with Crippen LogP contribution in [0, 0.1) is 5.92 Å². The average Bonchev–Trinajstić information content (AvgIpc) is 3.04. The number of likely N-dealkylation sites (tertiary alicyclic amines) is 1. The molecule has 0 amide bonds. The maximum atomic E-state index is 11.2. The minimum Gasteiger partial charge on any atom is -0.469 e. The smallest absolute Gasteiger partial charge is 0.306 e. The van der Waals surface area contributed by atoms with Gasteiger partial charge in [0.25, 0.3) is 0 Å². The molecule has 134 valence electrons. The summed E-state index contributed by atoms with van der Waals surface area (Å²) in [5.74, 6) is 1.06. The van der Waals surface area contributed by atoms with Gasteiger partial charge >= 0.3 is 5.97 Å². The van der Waals surface area contributed by atoms with Crippen LogP contribution in [0.2, 0.25) is 0 Å². The molecule has 0 spiro atoms. The van der Waals surface area contributed by atoms with Crippen LogP contribution in [0.5, 0.6) is 0 Å². The Bertz CT molecular complexity index is 769. The Kier molecular flexibility index (Phi) is 4.52. The molecule has 5 nitrogen and oxygen atoms in total. The molecule has 25 heavy (non-hydrogen) atoms. The van der Waals surface area contributed by atoms with E-state index in [0.29, 0.717) is 30.8 Å². The summed E-state index contributed by atoms with van der Waals surface area (Å²) in [6.07, 6.45) is 4.99. The Morgan fingerprint density at radius 3 is 3.16 bits per heavy atom. The number of piperidine rings is 1. The molecule has 2 aliphatic rings. The highest BCUT2D eigenvalue weighted by Crippen LogP contribution is 2.44. The van der Waals surface area contributed by atoms with E-state index < -0.39 is 0 Å². The van der Waals surface area contributed by atoms with E-state index in [2.05, 4.69) is 46.6 Å². The molecule has 2 aromatic rings. The van der Waals surface area contributed by atoms with Gasteiger partial charge in [-0.15, -0.1) is 0 Å². The second kappa shape index (κ2) is 6.81. The molecular weight excluding hydrogens is 314 g/mol. The summed E-state index contributed by atoms with van der Waals surface area (Å²) in [6, 6.07) is 7.28. The Morgan fingerprint density at radius 1 is 1.44 bits per heavy atom. The molecule has 5 heteroatoms. The number of hydrogen-bond acceptors (Lipinski definition) is 4. The molecule has 1 fully saturated rings. The second-order valence-electron chi connectivity index (χ2n) is 7.53. The molecule has 0 saturated carbocycles. The van der Waals surface area contributed by atoms with Crippen molar-refractivity contribution in [2.45, 2.75) is 31.2 Å². The fourth-order valence-electron chi connectivity index (χ4n) is 4.80. The molecule has 4 rings (SSSR count). The van der Waals surface area contributed by atoms with Crippen molar-refractivity contribution in [2.75, 3.05) is 33.8 Å². The van der Waals surface area contributed by atoms with Crippen molar-refractivity contribution in [3.8, 4) is 0 Å². The highest BCUT2D eigenvalue weighted by atomic mass is 16.5. The molecule has 2 N–H and O–H groups in total. The lowest BCUT2D eigenvalue weighted by molar-refractivity contribution is -0.140. The number of ether oxygens (including phenoxy) is 1. The van der Waals surface area contributed by atoms with Gasteiger partial charge in [0.1, 0.15) is 0 Å². The number of esters is 1. The zero-order valence-corrected chi connectivity index (χ0v) is 15.0. The van der Waals surface area contributed by atoms with E-state index in [4.69, 9.17) is 4.74 Å². The van der Waals surface area contributed by atoms with Crippen LogP contribution in [-0.4, -0.2) is 55.7 Å². The van der Waals surface area contributed by atoms with Gasteiger partial charge < -0.3 is 19.9 Å². The van der Waals surface area contributed by atoms with Crippen LogP contribution in [0.25, 0.3) is 10.9 Å². The molecule has 0 radical (unpaired) electrons. The van der Waals surface area contributed by atoms with E-state index >= 15 is 0 Å². The monoisotopic (exact) mass is 341 g/mol. The van der Waals surface area contributed by atoms with Crippen LogP contribution < -0.4 is 5.32 Å². The molecule has 1 aromatic heterocycles. The number of nitrogens with one attached hydrogen (secondary N) is 2. The number of methoxy groups -OCH3 is 1. The van der Waals surface area contributed by atoms with Crippen molar-refractivity contribution in [1.29, 1.82) is 0 Å². The number of nitrogens with zero attached hydrogens (tertiary/aromatic N) is 1. The first-order valence-electron chi connectivity index (χ1n) is 9.24. The average molecular weight is 341 g/mol. The quantitative estimate of drug-likeness (QED) is 0.647. The highest BCUT2D eigenvalue weighted by Gasteiger charge is 2.39. The zero-order chi connectivity index (χ0) is 17.4. The zero-order valence-electron chi connectivity index (χ0n) is 15.0. The van der Waals surface area contributed by atoms with Crippen molar-refractivity contribution in [3.05, 3.63) is 35.5 Å². The van der Waals surface area contributed by atoms with E-state index in [1.165, 1.54) is 35.6 Å². The molecule has 1 saturated heterocycles. The normalized spacial score (nSPS) is 25.8. The summed E-state index contributed by atoms with van der Waals surface area (Å²) in [6.45, 7) is 2.77. The van der Waals surface area contributed by atoms with Crippen molar-refractivity contribution < 1.29 is 9.53 Å². The number of carbonyl (C=O) groups excluding carboxylic acids is 1. The summed E-state index contributed by atoms with van der Waals surface area (Å²) in [5.41, 5.74) is 4.25. The molecule has 1 aromatic carbocycles. The number of rotatable bonds is 5. The number of fused-ring (bicyclic) bond motifs is 2. The van der Waals surface area contributed by atoms with E-state index in [-0.39, 0.29) is 5.97 Å². The van der Waals surface area contributed by atoms with Gasteiger partial charge in [0, 0.05) is 42.1 Å². The Balaban J connectivity index is 1.47. The van der Waals surface area contributed by atoms with Crippen molar-refractivity contribution in [3.63, 3.8) is 0 Å². The lowest BCUT2D eigenvalue weighted by Gasteiger charge is -2.45. The fourth-order valence-corrected chi connectivity index (χ4v) is 4.80. The van der Waals surface area contributed by atoms with Crippen molar-refractivity contribution >= 4 is 16.9 Å². The van der Waals surface area contributed by atoms with Gasteiger partial charge in [-0.1, -0.05) is 12.1 Å². The number of likely N-dealkylation sites (N-methyl/N-ethyl adjacent to an activating group) is 1. The first-order valence-corrected chi connectivity index (χ1v) is 9.24. The second-order valence-corrected chi connectivity index (χ2v) is 7.53. The molecule has 0 bridgehead atoms. The number of hydrogen-bond donors (Lipinski definition) is 2. The Morgan fingerprint density at radius 2 is 2.32 bits per heavy atom. The SMILES string of the molecule is COC(=O)CCNC[C@@H]1C[C@@H]2c3cccc4[nH]cc(c34)C[C@H]2N(C)C1. The maximum absolute atomic E-state index is 11.2. The van der Waals surface area contributed by atoms with Gasteiger partial charge in [-0.05, 0) is 49.5 Å². The van der Waals surface area contributed by atoms with E-state index in [1.54, 1.807) is 0 Å². The van der Waals surface area contributed by atoms with Gasteiger partial charge in [-0.2, -0.15) is 0 Å². The third-order valence-corrected chi connectivity index (χ3v) is 5.98. The van der Waals surface area contributed by atoms with Crippen LogP contribution in [0.4, 0.5) is 0 Å². The van der Waals surface area contributed by atoms with Gasteiger partial charge in [0.05, 0.1) is 13.5 Å². The van der Waals surface area contributed by atoms with Crippen LogP contribution in [0.3, 0.4) is 0 Å². The Hall–Kier alpha value is -1.85. The highest BCUT2D eigenvalue weighted by molar-refractivity contribution is 5.88. The van der Waals surface area contributed by atoms with Crippen LogP contribution in [-0.2, 0) is 16.0 Å². The van der Waals surface area contributed by atoms with E-state index in [1.807, 2.05) is 0 Å². The summed E-state index contributed by atoms with van der Waals surface area (Å²) in [5, 5.41) is 4.90. The van der Waals surface area contributed by atoms with Gasteiger partial charge in [-0.25, -0.2) is 0 Å².